The maximum atomic E-state index is 13.0. The molecule has 0 aromatic heterocycles. The van der Waals surface area contributed by atoms with Gasteiger partial charge in [-0.15, -0.1) is 6.58 Å². The number of aliphatic hydroxyl groups is 1. The number of aliphatic hydroxyl groups excluding tert-OH is 1. The molecule has 1 heterocycles. The molecule has 1 saturated heterocycles. The lowest BCUT2D eigenvalue weighted by Crippen LogP contribution is -2.42. The Kier molecular flexibility index (Phi) is 6.80. The SMILES string of the molecule is C=CCCCN1C(=O)[C@@H](N(Cc2ccccc2)Cc2ccccc2)CC1O. The van der Waals surface area contributed by atoms with E-state index in [-0.39, 0.29) is 11.9 Å². The Morgan fingerprint density at radius 2 is 1.59 bits per heavy atom. The minimum Gasteiger partial charge on any atom is -0.373 e. The zero-order valence-electron chi connectivity index (χ0n) is 15.7. The first-order chi connectivity index (χ1) is 13.2. The van der Waals surface area contributed by atoms with Crippen molar-refractivity contribution in [2.45, 2.75) is 44.6 Å². The quantitative estimate of drug-likeness (QED) is 0.546. The number of carbonyl (C=O) groups is 1. The van der Waals surface area contributed by atoms with E-state index in [2.05, 4.69) is 35.7 Å². The highest BCUT2D eigenvalue weighted by Gasteiger charge is 2.41. The highest BCUT2D eigenvalue weighted by Crippen LogP contribution is 2.26. The molecule has 1 unspecified atom stereocenters. The zero-order chi connectivity index (χ0) is 19.1. The third-order valence-corrected chi connectivity index (χ3v) is 5.07. The summed E-state index contributed by atoms with van der Waals surface area (Å²) in [6, 6.07) is 20.1. The van der Waals surface area contributed by atoms with Crippen LogP contribution < -0.4 is 0 Å². The number of benzene rings is 2. The van der Waals surface area contributed by atoms with E-state index >= 15 is 0 Å². The van der Waals surface area contributed by atoms with Gasteiger partial charge in [-0.3, -0.25) is 9.69 Å². The zero-order valence-corrected chi connectivity index (χ0v) is 15.7. The van der Waals surface area contributed by atoms with E-state index in [1.807, 2.05) is 42.5 Å². The van der Waals surface area contributed by atoms with Gasteiger partial charge in [0.2, 0.25) is 5.91 Å². The Bertz CT molecular complexity index is 691. The number of hydrogen-bond acceptors (Lipinski definition) is 3. The summed E-state index contributed by atoms with van der Waals surface area (Å²) in [6.45, 7) is 5.66. The molecule has 1 N–H and O–H groups in total. The minimum absolute atomic E-state index is 0.0263. The second kappa shape index (κ2) is 9.49. The van der Waals surface area contributed by atoms with E-state index in [4.69, 9.17) is 0 Å². The Balaban J connectivity index is 1.77. The number of likely N-dealkylation sites (tertiary alicyclic amines) is 1. The van der Waals surface area contributed by atoms with Gasteiger partial charge in [0.05, 0.1) is 6.04 Å². The predicted octanol–water partition coefficient (Wildman–Crippen LogP) is 3.57. The first kappa shape index (κ1) is 19.3. The number of nitrogens with zero attached hydrogens (tertiary/aromatic N) is 2. The summed E-state index contributed by atoms with van der Waals surface area (Å²) < 4.78 is 0. The average molecular weight is 364 g/mol. The van der Waals surface area contributed by atoms with Gasteiger partial charge in [0.1, 0.15) is 6.23 Å². The van der Waals surface area contributed by atoms with Crippen molar-refractivity contribution in [2.24, 2.45) is 0 Å². The molecule has 4 nitrogen and oxygen atoms in total. The van der Waals surface area contributed by atoms with Gasteiger partial charge >= 0.3 is 0 Å². The molecule has 2 aromatic carbocycles. The molecule has 0 saturated carbocycles. The lowest BCUT2D eigenvalue weighted by atomic mass is 10.1. The summed E-state index contributed by atoms with van der Waals surface area (Å²) in [5.74, 6) is 0.0263. The van der Waals surface area contributed by atoms with Crippen molar-refractivity contribution in [3.63, 3.8) is 0 Å². The monoisotopic (exact) mass is 364 g/mol. The van der Waals surface area contributed by atoms with Gasteiger partial charge in [-0.1, -0.05) is 66.7 Å². The Morgan fingerprint density at radius 1 is 1.04 bits per heavy atom. The van der Waals surface area contributed by atoms with Crippen LogP contribution in [0.1, 0.15) is 30.4 Å². The van der Waals surface area contributed by atoms with Crippen LogP contribution in [0, 0.1) is 0 Å². The molecule has 142 valence electrons. The van der Waals surface area contributed by atoms with Crippen molar-refractivity contribution in [1.29, 1.82) is 0 Å². The first-order valence-electron chi connectivity index (χ1n) is 9.60. The van der Waals surface area contributed by atoms with Crippen LogP contribution in [0.3, 0.4) is 0 Å². The Morgan fingerprint density at radius 3 is 2.11 bits per heavy atom. The molecule has 4 heteroatoms. The summed E-state index contributed by atoms with van der Waals surface area (Å²) in [5, 5.41) is 10.5. The number of carbonyl (C=O) groups excluding carboxylic acids is 1. The first-order valence-corrected chi connectivity index (χ1v) is 9.60. The lowest BCUT2D eigenvalue weighted by Gasteiger charge is -2.28. The third-order valence-electron chi connectivity index (χ3n) is 5.07. The average Bonchev–Trinajstić information content (AvgIpc) is 2.97. The van der Waals surface area contributed by atoms with Crippen molar-refractivity contribution in [1.82, 2.24) is 9.80 Å². The third kappa shape index (κ3) is 5.06. The Labute approximate surface area is 161 Å². The fraction of sp³-hybridized carbons (Fsp3) is 0.348. The van der Waals surface area contributed by atoms with E-state index in [0.29, 0.717) is 26.1 Å². The van der Waals surface area contributed by atoms with Crippen molar-refractivity contribution in [2.75, 3.05) is 6.54 Å². The summed E-state index contributed by atoms with van der Waals surface area (Å²) >= 11 is 0. The molecule has 0 spiro atoms. The van der Waals surface area contributed by atoms with Crippen molar-refractivity contribution in [3.05, 3.63) is 84.4 Å². The van der Waals surface area contributed by atoms with Crippen LogP contribution >= 0.6 is 0 Å². The van der Waals surface area contributed by atoms with Crippen LogP contribution in [0.2, 0.25) is 0 Å². The number of unbranched alkanes of at least 4 members (excludes halogenated alkanes) is 1. The van der Waals surface area contributed by atoms with Gasteiger partial charge in [0, 0.05) is 26.1 Å². The maximum absolute atomic E-state index is 13.0. The molecule has 1 aliphatic heterocycles. The number of amides is 1. The number of rotatable bonds is 9. The maximum Gasteiger partial charge on any atom is 0.242 e. The van der Waals surface area contributed by atoms with Gasteiger partial charge in [-0.2, -0.15) is 0 Å². The van der Waals surface area contributed by atoms with Gasteiger partial charge in [-0.25, -0.2) is 0 Å². The molecule has 27 heavy (non-hydrogen) atoms. The van der Waals surface area contributed by atoms with Crippen LogP contribution in [-0.2, 0) is 17.9 Å². The van der Waals surface area contributed by atoms with E-state index in [1.165, 1.54) is 11.1 Å². The fourth-order valence-electron chi connectivity index (χ4n) is 3.65. The topological polar surface area (TPSA) is 43.8 Å². The molecule has 1 aliphatic rings. The van der Waals surface area contributed by atoms with Crippen molar-refractivity contribution in [3.8, 4) is 0 Å². The molecule has 0 aliphatic carbocycles. The van der Waals surface area contributed by atoms with Crippen molar-refractivity contribution < 1.29 is 9.90 Å². The highest BCUT2D eigenvalue weighted by atomic mass is 16.3. The van der Waals surface area contributed by atoms with Crippen LogP contribution in [0.5, 0.6) is 0 Å². The predicted molar refractivity (Wildman–Crippen MR) is 108 cm³/mol. The van der Waals surface area contributed by atoms with Gasteiger partial charge in [-0.05, 0) is 24.0 Å². The number of hydrogen-bond donors (Lipinski definition) is 1. The van der Waals surface area contributed by atoms with Crippen LogP contribution in [-0.4, -0.2) is 39.6 Å². The van der Waals surface area contributed by atoms with Crippen molar-refractivity contribution >= 4 is 5.91 Å². The lowest BCUT2D eigenvalue weighted by molar-refractivity contribution is -0.136. The van der Waals surface area contributed by atoms with Crippen LogP contribution in [0.15, 0.2) is 73.3 Å². The Hall–Kier alpha value is -2.43. The molecule has 1 fully saturated rings. The molecular formula is C23H28N2O2. The summed E-state index contributed by atoms with van der Waals surface area (Å²) in [4.78, 5) is 16.8. The molecule has 1 amide bonds. The second-order valence-corrected chi connectivity index (χ2v) is 7.07. The van der Waals surface area contributed by atoms with Crippen LogP contribution in [0.4, 0.5) is 0 Å². The molecule has 0 radical (unpaired) electrons. The van der Waals surface area contributed by atoms with Crippen LogP contribution in [0.25, 0.3) is 0 Å². The molecule has 2 atom stereocenters. The van der Waals surface area contributed by atoms with E-state index in [0.717, 1.165) is 12.8 Å². The molecule has 3 rings (SSSR count). The number of allylic oxidation sites excluding steroid dienone is 1. The minimum atomic E-state index is -0.707. The fourth-order valence-corrected chi connectivity index (χ4v) is 3.65. The largest absolute Gasteiger partial charge is 0.373 e. The van der Waals surface area contributed by atoms with Gasteiger partial charge < -0.3 is 10.0 Å². The standard InChI is InChI=1S/C23H28N2O2/c1-2-3-10-15-25-22(26)16-21(23(25)27)24(17-19-11-6-4-7-12-19)18-20-13-8-5-9-14-20/h2,4-9,11-14,21-22,26H,1,3,10,15-18H2/t21-,22?/m0/s1. The summed E-state index contributed by atoms with van der Waals surface area (Å²) in [7, 11) is 0. The normalized spacial score (nSPS) is 19.6. The smallest absolute Gasteiger partial charge is 0.242 e. The van der Waals surface area contributed by atoms with E-state index in [1.54, 1.807) is 4.90 Å². The van der Waals surface area contributed by atoms with E-state index < -0.39 is 6.23 Å². The van der Waals surface area contributed by atoms with Gasteiger partial charge in [0.15, 0.2) is 0 Å². The molecular weight excluding hydrogens is 336 g/mol. The molecule has 0 bridgehead atoms. The summed E-state index contributed by atoms with van der Waals surface area (Å²) in [6.07, 6.45) is 3.27. The highest BCUT2D eigenvalue weighted by molar-refractivity contribution is 5.84. The molecule has 2 aromatic rings. The van der Waals surface area contributed by atoms with E-state index in [9.17, 15) is 9.90 Å². The summed E-state index contributed by atoms with van der Waals surface area (Å²) in [5.41, 5.74) is 2.33. The second-order valence-electron chi connectivity index (χ2n) is 7.07. The van der Waals surface area contributed by atoms with Gasteiger partial charge in [0.25, 0.3) is 0 Å².